The molecule has 1 aliphatic rings. The molecular weight excluding hydrogens is 524 g/mol. The van der Waals surface area contributed by atoms with Gasteiger partial charge in [-0.05, 0) is 60.7 Å². The van der Waals surface area contributed by atoms with Crippen LogP contribution in [0.15, 0.2) is 72.8 Å². The van der Waals surface area contributed by atoms with Gasteiger partial charge in [0.1, 0.15) is 35.9 Å². The number of para-hydroxylation sites is 1. The van der Waals surface area contributed by atoms with Crippen molar-refractivity contribution in [2.24, 2.45) is 0 Å². The van der Waals surface area contributed by atoms with Crippen molar-refractivity contribution >= 4 is 39.9 Å². The number of hydrogen-bond donors (Lipinski definition) is 5. The molecule has 0 bridgehead atoms. The number of rotatable bonds is 7. The zero-order chi connectivity index (χ0) is 27.5. The second-order valence-corrected chi connectivity index (χ2v) is 9.56. The molecule has 3 aromatic carbocycles. The molecule has 39 heavy (non-hydrogen) atoms. The summed E-state index contributed by atoms with van der Waals surface area (Å²) in [6, 6.07) is 20.9. The Morgan fingerprint density at radius 2 is 1.72 bits per heavy atom. The van der Waals surface area contributed by atoms with Crippen LogP contribution in [0.5, 0.6) is 5.75 Å². The van der Waals surface area contributed by atoms with E-state index < -0.39 is 43.2 Å². The Kier molecular flexibility index (Phi) is 7.92. The van der Waals surface area contributed by atoms with Crippen molar-refractivity contribution in [1.82, 2.24) is 15.3 Å². The summed E-state index contributed by atoms with van der Waals surface area (Å²) in [7, 11) is 0. The van der Waals surface area contributed by atoms with E-state index in [0.29, 0.717) is 22.4 Å². The molecule has 0 radical (unpaired) electrons. The minimum Gasteiger partial charge on any atom is -0.463 e. The lowest BCUT2D eigenvalue weighted by molar-refractivity contribution is -0.244. The quantitative estimate of drug-likeness (QED) is 0.234. The number of ether oxygens (including phenoxy) is 2. The van der Waals surface area contributed by atoms with Gasteiger partial charge in [-0.2, -0.15) is 0 Å². The normalized spacial score (nSPS) is 22.8. The molecule has 5 atom stereocenters. The molecule has 5 rings (SSSR count). The molecule has 1 aliphatic heterocycles. The first-order valence-corrected chi connectivity index (χ1v) is 12.7. The van der Waals surface area contributed by atoms with E-state index in [-0.39, 0.29) is 0 Å². The van der Waals surface area contributed by atoms with Gasteiger partial charge in [0, 0.05) is 28.6 Å². The van der Waals surface area contributed by atoms with Crippen molar-refractivity contribution in [3.63, 3.8) is 0 Å². The molecule has 0 spiro atoms. The van der Waals surface area contributed by atoms with Crippen LogP contribution in [0.4, 0.5) is 11.5 Å². The first kappa shape index (κ1) is 26.8. The van der Waals surface area contributed by atoms with Crippen LogP contribution in [0.2, 0.25) is 5.02 Å². The molecular formula is C28H27ClN4O6. The highest BCUT2D eigenvalue weighted by Gasteiger charge is 2.46. The fourth-order valence-corrected chi connectivity index (χ4v) is 4.48. The van der Waals surface area contributed by atoms with Crippen LogP contribution < -0.4 is 15.4 Å². The van der Waals surface area contributed by atoms with Crippen LogP contribution >= 0.6 is 11.6 Å². The zero-order valence-electron chi connectivity index (χ0n) is 20.9. The summed E-state index contributed by atoms with van der Waals surface area (Å²) in [6.45, 7) is 0.753. The second-order valence-electron chi connectivity index (χ2n) is 9.12. The van der Waals surface area contributed by atoms with Crippen LogP contribution in [0.3, 0.4) is 0 Å². The molecule has 11 heteroatoms. The topological polar surface area (TPSA) is 146 Å². The van der Waals surface area contributed by atoms with Gasteiger partial charge in [0.05, 0.1) is 12.1 Å². The lowest BCUT2D eigenvalue weighted by Crippen LogP contribution is -2.65. The van der Waals surface area contributed by atoms with Crippen LogP contribution in [-0.2, 0) is 9.53 Å². The number of amides is 1. The maximum atomic E-state index is 11.7. The molecule has 0 unspecified atom stereocenters. The molecule has 1 fully saturated rings. The van der Waals surface area contributed by atoms with E-state index in [4.69, 9.17) is 31.0 Å². The van der Waals surface area contributed by atoms with Crippen LogP contribution in [0.1, 0.15) is 6.92 Å². The Balaban J connectivity index is 1.38. The molecule has 0 saturated carbocycles. The summed E-state index contributed by atoms with van der Waals surface area (Å²) < 4.78 is 11.5. The number of benzene rings is 3. The number of aliphatic hydroxyl groups is 3. The third-order valence-electron chi connectivity index (χ3n) is 6.33. The number of nitrogens with zero attached hydrogens (tertiary/aromatic N) is 2. The fourth-order valence-electron chi connectivity index (χ4n) is 4.36. The van der Waals surface area contributed by atoms with Crippen molar-refractivity contribution in [2.75, 3.05) is 11.9 Å². The van der Waals surface area contributed by atoms with Crippen molar-refractivity contribution in [3.05, 3.63) is 77.8 Å². The number of anilines is 2. The Hall–Kier alpha value is -3.80. The van der Waals surface area contributed by atoms with Gasteiger partial charge in [0.15, 0.2) is 5.82 Å². The third-order valence-corrected chi connectivity index (χ3v) is 6.58. The molecule has 202 valence electrons. The van der Waals surface area contributed by atoms with Gasteiger partial charge in [-0.25, -0.2) is 9.97 Å². The van der Waals surface area contributed by atoms with Crippen molar-refractivity contribution < 1.29 is 29.6 Å². The predicted octanol–water partition coefficient (Wildman–Crippen LogP) is 3.02. The zero-order valence-corrected chi connectivity index (χ0v) is 21.6. The summed E-state index contributed by atoms with van der Waals surface area (Å²) in [4.78, 5) is 21.1. The lowest BCUT2D eigenvalue weighted by atomic mass is 9.97. The van der Waals surface area contributed by atoms with Gasteiger partial charge in [0.25, 0.3) is 0 Å². The number of aliphatic hydroxyl groups excluding tert-OH is 3. The summed E-state index contributed by atoms with van der Waals surface area (Å²) in [5.41, 5.74) is 2.32. The number of aromatic nitrogens is 2. The standard InChI is InChI=1S/C28H27ClN4O6/c1-15(35)30-23-25(37)24(36)22(14-34)39-28(23)38-19-12-10-18(11-13-19)31-27-20-4-2-3-5-21(20)32-26(33-27)16-6-8-17(29)9-7-16/h2-13,22-25,28,34,36-37H,14H2,1H3,(H,30,35)(H,31,32,33)/t22-,23-,24+,25-,28+/m1/s1. The van der Waals surface area contributed by atoms with Gasteiger partial charge in [-0.1, -0.05) is 23.7 Å². The van der Waals surface area contributed by atoms with E-state index in [1.54, 1.807) is 36.4 Å². The van der Waals surface area contributed by atoms with Gasteiger partial charge >= 0.3 is 0 Å². The molecule has 1 saturated heterocycles. The number of nitrogens with one attached hydrogen (secondary N) is 2. The second kappa shape index (κ2) is 11.5. The van der Waals surface area contributed by atoms with E-state index in [2.05, 4.69) is 10.6 Å². The summed E-state index contributed by atoms with van der Waals surface area (Å²) in [6.07, 6.45) is -5.00. The highest BCUT2D eigenvalue weighted by molar-refractivity contribution is 6.30. The maximum absolute atomic E-state index is 11.7. The summed E-state index contributed by atoms with van der Waals surface area (Å²) in [5.74, 6) is 1.12. The van der Waals surface area contributed by atoms with Crippen molar-refractivity contribution in [1.29, 1.82) is 0 Å². The van der Waals surface area contributed by atoms with E-state index in [9.17, 15) is 20.1 Å². The summed E-state index contributed by atoms with van der Waals surface area (Å²) >= 11 is 6.04. The largest absolute Gasteiger partial charge is 0.463 e. The van der Waals surface area contributed by atoms with Crippen LogP contribution in [0.25, 0.3) is 22.3 Å². The van der Waals surface area contributed by atoms with E-state index in [1.807, 2.05) is 36.4 Å². The van der Waals surface area contributed by atoms with E-state index in [1.165, 1.54) is 6.92 Å². The van der Waals surface area contributed by atoms with Crippen molar-refractivity contribution in [3.8, 4) is 17.1 Å². The third kappa shape index (κ3) is 5.95. The first-order valence-electron chi connectivity index (χ1n) is 12.3. The number of carbonyl (C=O) groups excluding carboxylic acids is 1. The number of halogens is 1. The minimum absolute atomic E-state index is 0.385. The Morgan fingerprint density at radius 1 is 1.00 bits per heavy atom. The molecule has 1 aromatic heterocycles. The van der Waals surface area contributed by atoms with Gasteiger partial charge in [-0.15, -0.1) is 0 Å². The smallest absolute Gasteiger partial charge is 0.223 e. The van der Waals surface area contributed by atoms with Gasteiger partial charge in [0.2, 0.25) is 12.2 Å². The molecule has 4 aromatic rings. The minimum atomic E-state index is -1.40. The number of hydrogen-bond acceptors (Lipinski definition) is 9. The molecule has 10 nitrogen and oxygen atoms in total. The number of fused-ring (bicyclic) bond motifs is 1. The summed E-state index contributed by atoms with van der Waals surface area (Å²) in [5, 5.41) is 37.5. The van der Waals surface area contributed by atoms with Crippen LogP contribution in [-0.4, -0.2) is 68.4 Å². The van der Waals surface area contributed by atoms with Crippen LogP contribution in [0, 0.1) is 0 Å². The Morgan fingerprint density at radius 3 is 2.41 bits per heavy atom. The lowest BCUT2D eigenvalue weighted by Gasteiger charge is -2.42. The average molecular weight is 551 g/mol. The van der Waals surface area contributed by atoms with Gasteiger partial charge < -0.3 is 35.4 Å². The molecule has 0 aliphatic carbocycles. The molecule has 5 N–H and O–H groups in total. The molecule has 1 amide bonds. The van der Waals surface area contributed by atoms with E-state index in [0.717, 1.165) is 22.2 Å². The Labute approximate surface area is 229 Å². The van der Waals surface area contributed by atoms with Crippen molar-refractivity contribution in [2.45, 2.75) is 37.6 Å². The fraction of sp³-hybridized carbons (Fsp3) is 0.250. The van der Waals surface area contributed by atoms with Gasteiger partial charge in [-0.3, -0.25) is 4.79 Å². The monoisotopic (exact) mass is 550 g/mol. The highest BCUT2D eigenvalue weighted by Crippen LogP contribution is 2.30. The highest BCUT2D eigenvalue weighted by atomic mass is 35.5. The number of carbonyl (C=O) groups is 1. The van der Waals surface area contributed by atoms with E-state index >= 15 is 0 Å². The maximum Gasteiger partial charge on any atom is 0.223 e. The first-order chi connectivity index (χ1) is 18.8. The average Bonchev–Trinajstić information content (AvgIpc) is 2.94. The molecule has 2 heterocycles. The predicted molar refractivity (Wildman–Crippen MR) is 146 cm³/mol. The SMILES string of the molecule is CC(=O)N[C@H]1[C@@H](Oc2ccc(Nc3nc(-c4ccc(Cl)cc4)nc4ccccc34)cc2)O[C@H](CO)[C@H](O)[C@@H]1O. The Bertz CT molecular complexity index is 1450.